The van der Waals surface area contributed by atoms with Crippen LogP contribution in [0.2, 0.25) is 0 Å². The summed E-state index contributed by atoms with van der Waals surface area (Å²) in [5.41, 5.74) is 0. The van der Waals surface area contributed by atoms with Gasteiger partial charge in [0.25, 0.3) is 6.01 Å². The molecule has 1 aliphatic heterocycles. The molecule has 2 heterocycles. The van der Waals surface area contributed by atoms with E-state index in [-0.39, 0.29) is 5.78 Å². The van der Waals surface area contributed by atoms with Gasteiger partial charge in [0.15, 0.2) is 11.5 Å². The minimum atomic E-state index is -0.1000. The van der Waals surface area contributed by atoms with Crippen molar-refractivity contribution in [2.24, 2.45) is 0 Å². The van der Waals surface area contributed by atoms with Crippen LogP contribution in [0.5, 0.6) is 0 Å². The van der Waals surface area contributed by atoms with Gasteiger partial charge in [-0.3, -0.25) is 4.79 Å². The van der Waals surface area contributed by atoms with E-state index < -0.39 is 0 Å². The molecule has 1 aliphatic rings. The maximum absolute atomic E-state index is 11.0. The minimum absolute atomic E-state index is 0.1000. The van der Waals surface area contributed by atoms with Crippen LogP contribution in [0.25, 0.3) is 0 Å². The highest BCUT2D eigenvalue weighted by atomic mass is 16.5. The fourth-order valence-corrected chi connectivity index (χ4v) is 1.33. The standard InChI is InChI=1S/C9H12N2O3/c1-7(12)8-6-10-9(14-8)11-2-4-13-5-3-11/h6H,2-5H2,1H3. The molecule has 0 spiro atoms. The highest BCUT2D eigenvalue weighted by Gasteiger charge is 2.17. The number of hydrogen-bond acceptors (Lipinski definition) is 5. The summed E-state index contributed by atoms with van der Waals surface area (Å²) in [6.45, 7) is 4.34. The second-order valence-corrected chi connectivity index (χ2v) is 3.16. The maximum atomic E-state index is 11.0. The van der Waals surface area contributed by atoms with Gasteiger partial charge in [-0.15, -0.1) is 0 Å². The predicted molar refractivity (Wildman–Crippen MR) is 49.5 cm³/mol. The summed E-state index contributed by atoms with van der Waals surface area (Å²) in [6.07, 6.45) is 1.47. The molecule has 5 nitrogen and oxygen atoms in total. The van der Waals surface area contributed by atoms with Crippen LogP contribution in [0.1, 0.15) is 17.5 Å². The molecule has 1 fully saturated rings. The summed E-state index contributed by atoms with van der Waals surface area (Å²) < 4.78 is 10.5. The number of carbonyl (C=O) groups excluding carboxylic acids is 1. The Balaban J connectivity index is 2.11. The topological polar surface area (TPSA) is 55.6 Å². The third-order valence-corrected chi connectivity index (χ3v) is 2.12. The molecule has 0 bridgehead atoms. The number of rotatable bonds is 2. The monoisotopic (exact) mass is 196 g/mol. The third-order valence-electron chi connectivity index (χ3n) is 2.12. The molecule has 1 aromatic rings. The summed E-state index contributed by atoms with van der Waals surface area (Å²) in [6, 6.07) is 0.512. The van der Waals surface area contributed by atoms with Gasteiger partial charge in [0, 0.05) is 20.0 Å². The molecule has 0 saturated carbocycles. The van der Waals surface area contributed by atoms with Gasteiger partial charge in [-0.25, -0.2) is 4.98 Å². The Morgan fingerprint density at radius 3 is 2.79 bits per heavy atom. The molecule has 14 heavy (non-hydrogen) atoms. The SMILES string of the molecule is CC(=O)c1cnc(N2CCOCC2)o1. The first-order valence-corrected chi connectivity index (χ1v) is 4.57. The number of ketones is 1. The largest absolute Gasteiger partial charge is 0.420 e. The zero-order valence-corrected chi connectivity index (χ0v) is 8.02. The van der Waals surface area contributed by atoms with Gasteiger partial charge < -0.3 is 14.1 Å². The Morgan fingerprint density at radius 2 is 2.21 bits per heavy atom. The number of ether oxygens (including phenoxy) is 1. The average molecular weight is 196 g/mol. The number of aromatic nitrogens is 1. The van der Waals surface area contributed by atoms with E-state index in [1.165, 1.54) is 13.1 Å². The molecule has 76 valence electrons. The van der Waals surface area contributed by atoms with E-state index in [1.807, 2.05) is 4.90 Å². The summed E-state index contributed by atoms with van der Waals surface area (Å²) >= 11 is 0. The van der Waals surface area contributed by atoms with Crippen LogP contribution in [-0.2, 0) is 4.74 Å². The number of anilines is 1. The van der Waals surface area contributed by atoms with Gasteiger partial charge in [0.05, 0.1) is 19.4 Å². The summed E-state index contributed by atoms with van der Waals surface area (Å²) in [5, 5.41) is 0. The Hall–Kier alpha value is -1.36. The van der Waals surface area contributed by atoms with E-state index in [9.17, 15) is 4.79 Å². The van der Waals surface area contributed by atoms with E-state index in [2.05, 4.69) is 4.98 Å². The molecule has 1 aromatic heterocycles. The summed E-state index contributed by atoms with van der Waals surface area (Å²) in [5.74, 6) is 0.212. The van der Waals surface area contributed by atoms with Gasteiger partial charge in [-0.2, -0.15) is 0 Å². The second kappa shape index (κ2) is 3.79. The molecule has 0 atom stereocenters. The van der Waals surface area contributed by atoms with Gasteiger partial charge in [0.1, 0.15) is 0 Å². The van der Waals surface area contributed by atoms with Crippen LogP contribution >= 0.6 is 0 Å². The van der Waals surface area contributed by atoms with E-state index in [0.717, 1.165) is 13.1 Å². The number of carbonyl (C=O) groups is 1. The maximum Gasteiger partial charge on any atom is 0.298 e. The van der Waals surface area contributed by atoms with E-state index >= 15 is 0 Å². The lowest BCUT2D eigenvalue weighted by Crippen LogP contribution is -2.36. The second-order valence-electron chi connectivity index (χ2n) is 3.16. The molecule has 5 heteroatoms. The first kappa shape index (κ1) is 9.21. The molecule has 2 rings (SSSR count). The van der Waals surface area contributed by atoms with Crippen molar-refractivity contribution in [3.05, 3.63) is 12.0 Å². The van der Waals surface area contributed by atoms with E-state index in [0.29, 0.717) is 25.0 Å². The smallest absolute Gasteiger partial charge is 0.298 e. The fourth-order valence-electron chi connectivity index (χ4n) is 1.33. The zero-order valence-electron chi connectivity index (χ0n) is 8.02. The van der Waals surface area contributed by atoms with Crippen LogP contribution in [0, 0.1) is 0 Å². The van der Waals surface area contributed by atoms with Crippen molar-refractivity contribution in [2.75, 3.05) is 31.2 Å². The van der Waals surface area contributed by atoms with Gasteiger partial charge in [-0.1, -0.05) is 0 Å². The average Bonchev–Trinajstić information content (AvgIpc) is 2.68. The molecule has 0 amide bonds. The number of Topliss-reactive ketones (excluding diaryl/α,β-unsaturated/α-hetero) is 1. The fraction of sp³-hybridized carbons (Fsp3) is 0.556. The highest BCUT2D eigenvalue weighted by molar-refractivity contribution is 5.91. The lowest BCUT2D eigenvalue weighted by molar-refractivity contribution is 0.0985. The van der Waals surface area contributed by atoms with Crippen molar-refractivity contribution < 1.29 is 13.9 Å². The molecule has 1 saturated heterocycles. The molecule has 0 aromatic carbocycles. The molecule has 0 radical (unpaired) electrons. The zero-order chi connectivity index (χ0) is 9.97. The molecule has 0 unspecified atom stereocenters. The first-order chi connectivity index (χ1) is 6.77. The van der Waals surface area contributed by atoms with Crippen LogP contribution in [0.4, 0.5) is 6.01 Å². The van der Waals surface area contributed by atoms with Crippen molar-refractivity contribution in [1.29, 1.82) is 0 Å². The predicted octanol–water partition coefficient (Wildman–Crippen LogP) is 0.714. The quantitative estimate of drug-likeness (QED) is 0.652. The van der Waals surface area contributed by atoms with E-state index in [4.69, 9.17) is 9.15 Å². The molecular formula is C9H12N2O3. The van der Waals surface area contributed by atoms with Crippen LogP contribution in [-0.4, -0.2) is 37.1 Å². The summed E-state index contributed by atoms with van der Waals surface area (Å²) in [4.78, 5) is 17.0. The number of nitrogens with zero attached hydrogens (tertiary/aromatic N) is 2. The summed E-state index contributed by atoms with van der Waals surface area (Å²) in [7, 11) is 0. The van der Waals surface area contributed by atoms with Crippen molar-refractivity contribution in [3.63, 3.8) is 0 Å². The van der Waals surface area contributed by atoms with Crippen LogP contribution in [0.3, 0.4) is 0 Å². The molecule has 0 aliphatic carbocycles. The first-order valence-electron chi connectivity index (χ1n) is 4.57. The minimum Gasteiger partial charge on any atom is -0.420 e. The Morgan fingerprint density at radius 1 is 1.50 bits per heavy atom. The molecule has 0 N–H and O–H groups in total. The highest BCUT2D eigenvalue weighted by Crippen LogP contribution is 2.15. The third kappa shape index (κ3) is 1.77. The molecular weight excluding hydrogens is 184 g/mol. The van der Waals surface area contributed by atoms with Gasteiger partial charge in [0.2, 0.25) is 0 Å². The van der Waals surface area contributed by atoms with Crippen molar-refractivity contribution in [3.8, 4) is 0 Å². The Labute approximate surface area is 81.7 Å². The van der Waals surface area contributed by atoms with Crippen molar-refractivity contribution in [2.45, 2.75) is 6.92 Å². The lowest BCUT2D eigenvalue weighted by atomic mass is 10.4. The number of oxazole rings is 1. The van der Waals surface area contributed by atoms with Crippen molar-refractivity contribution >= 4 is 11.8 Å². The van der Waals surface area contributed by atoms with Gasteiger partial charge in [-0.05, 0) is 0 Å². The van der Waals surface area contributed by atoms with Gasteiger partial charge >= 0.3 is 0 Å². The van der Waals surface area contributed by atoms with Crippen LogP contribution in [0.15, 0.2) is 10.6 Å². The normalized spacial score (nSPS) is 17.1. The Bertz CT molecular complexity index is 329. The lowest BCUT2D eigenvalue weighted by Gasteiger charge is -2.24. The number of morpholine rings is 1. The van der Waals surface area contributed by atoms with Crippen LogP contribution < -0.4 is 4.90 Å². The number of hydrogen-bond donors (Lipinski definition) is 0. The van der Waals surface area contributed by atoms with E-state index in [1.54, 1.807) is 0 Å². The van der Waals surface area contributed by atoms with Crippen molar-refractivity contribution in [1.82, 2.24) is 4.98 Å². The Kier molecular flexibility index (Phi) is 2.49.